The summed E-state index contributed by atoms with van der Waals surface area (Å²) < 4.78 is 56.8. The molecule has 1 saturated heterocycles. The van der Waals surface area contributed by atoms with Crippen LogP contribution in [-0.4, -0.2) is 41.4 Å². The quantitative estimate of drug-likeness (QED) is 0.665. The number of methoxy groups -OCH3 is 1. The lowest BCUT2D eigenvalue weighted by atomic mass is 9.82. The summed E-state index contributed by atoms with van der Waals surface area (Å²) in [7, 11) is 0.824. The third kappa shape index (κ3) is 4.88. The van der Waals surface area contributed by atoms with Gasteiger partial charge in [-0.15, -0.1) is 0 Å². The summed E-state index contributed by atoms with van der Waals surface area (Å²) >= 11 is 0. The van der Waals surface area contributed by atoms with Gasteiger partial charge in [0.2, 0.25) is 0 Å². The van der Waals surface area contributed by atoms with E-state index in [1.54, 1.807) is 10.7 Å². The van der Waals surface area contributed by atoms with Crippen LogP contribution in [0, 0.1) is 0 Å². The Morgan fingerprint density at radius 3 is 2.21 bits per heavy atom. The number of fused-ring (bicyclic) bond motifs is 1. The molecule has 0 bridgehead atoms. The Morgan fingerprint density at radius 1 is 1.10 bits per heavy atom. The van der Waals surface area contributed by atoms with Gasteiger partial charge in [-0.1, -0.05) is 26.0 Å². The molecule has 1 aliphatic rings. The number of para-hydroxylation sites is 1. The van der Waals surface area contributed by atoms with Gasteiger partial charge in [-0.3, -0.25) is 4.68 Å². The minimum atomic E-state index is -4.19. The van der Waals surface area contributed by atoms with Gasteiger partial charge in [0.1, 0.15) is 16.9 Å². The molecule has 3 rings (SSSR count). The second-order valence-electron chi connectivity index (χ2n) is 7.77. The van der Waals surface area contributed by atoms with Crippen LogP contribution in [-0.2, 0) is 15.9 Å². The molecule has 2 heterocycles. The van der Waals surface area contributed by atoms with E-state index in [2.05, 4.69) is 5.10 Å². The number of rotatable bonds is 5. The number of benzene rings is 1. The maximum absolute atomic E-state index is 12.5. The summed E-state index contributed by atoms with van der Waals surface area (Å²) in [6.45, 7) is 11.9. The lowest BCUT2D eigenvalue weighted by Crippen LogP contribution is -2.41. The summed E-state index contributed by atoms with van der Waals surface area (Å²) in [6.07, 6.45) is -5.13. The van der Waals surface area contributed by atoms with Crippen molar-refractivity contribution in [1.82, 2.24) is 9.78 Å². The largest absolute Gasteiger partial charge is 0.517 e. The van der Waals surface area contributed by atoms with E-state index in [9.17, 15) is 13.2 Å². The molecule has 1 fully saturated rings. The van der Waals surface area contributed by atoms with Crippen LogP contribution in [0.3, 0.4) is 0 Å². The molecule has 5 nitrogen and oxygen atoms in total. The molecule has 1 aromatic carbocycles. The maximum Gasteiger partial charge on any atom is 0.517 e. The molecule has 0 aliphatic carbocycles. The van der Waals surface area contributed by atoms with Gasteiger partial charge in [0.15, 0.2) is 0 Å². The standard InChI is InChI=1S/C18H24BF3N2O3.C2H6/c1-16(2)17(3,4)27-19(26-16)15-12-8-6-9-13(25-5)14(12)24(23-15)11-7-10-18(20,21)22;1-2/h6,8-9H,7,10-11H2,1-5H3;1-2H3. The molecule has 0 amide bonds. The van der Waals surface area contributed by atoms with Gasteiger partial charge in [0.05, 0.1) is 18.3 Å². The fraction of sp³-hybridized carbons (Fsp3) is 0.650. The molecule has 1 aromatic heterocycles. The average Bonchev–Trinajstić information content (AvgIpc) is 3.10. The predicted molar refractivity (Wildman–Crippen MR) is 109 cm³/mol. The van der Waals surface area contributed by atoms with Crippen LogP contribution in [0.25, 0.3) is 10.9 Å². The number of aryl methyl sites for hydroxylation is 1. The molecule has 162 valence electrons. The monoisotopic (exact) mass is 414 g/mol. The second-order valence-corrected chi connectivity index (χ2v) is 7.77. The van der Waals surface area contributed by atoms with Gasteiger partial charge >= 0.3 is 13.3 Å². The lowest BCUT2D eigenvalue weighted by Gasteiger charge is -2.32. The molecule has 9 heteroatoms. The number of hydrogen-bond donors (Lipinski definition) is 0. The molecule has 0 radical (unpaired) electrons. The van der Waals surface area contributed by atoms with Gasteiger partial charge in [-0.2, -0.15) is 18.3 Å². The molecule has 2 aromatic rings. The summed E-state index contributed by atoms with van der Waals surface area (Å²) in [6, 6.07) is 5.43. The van der Waals surface area contributed by atoms with E-state index in [0.29, 0.717) is 16.9 Å². The Morgan fingerprint density at radius 2 is 1.69 bits per heavy atom. The maximum atomic E-state index is 12.5. The minimum Gasteiger partial charge on any atom is -0.494 e. The number of aromatic nitrogens is 2. The zero-order chi connectivity index (χ0) is 22.0. The van der Waals surface area contributed by atoms with Crippen molar-refractivity contribution in [3.05, 3.63) is 18.2 Å². The Labute approximate surface area is 170 Å². The van der Waals surface area contributed by atoms with Crippen LogP contribution in [0.4, 0.5) is 13.2 Å². The first-order chi connectivity index (χ1) is 13.5. The summed E-state index contributed by atoms with van der Waals surface area (Å²) in [5.41, 5.74) is 0.118. The first kappa shape index (κ1) is 23.5. The molecular weight excluding hydrogens is 384 g/mol. The Balaban J connectivity index is 0.00000145. The average molecular weight is 414 g/mol. The smallest absolute Gasteiger partial charge is 0.494 e. The van der Waals surface area contributed by atoms with E-state index in [1.807, 2.05) is 53.7 Å². The first-order valence-corrected chi connectivity index (χ1v) is 9.91. The second kappa shape index (κ2) is 8.56. The number of nitrogens with zero attached hydrogens (tertiary/aromatic N) is 2. The summed E-state index contributed by atoms with van der Waals surface area (Å²) in [4.78, 5) is 0. The Bertz CT molecular complexity index is 818. The van der Waals surface area contributed by atoms with E-state index >= 15 is 0 Å². The highest BCUT2D eigenvalue weighted by molar-refractivity contribution is 6.64. The predicted octanol–water partition coefficient (Wildman–Crippen LogP) is 4.71. The Kier molecular flexibility index (Phi) is 6.95. The van der Waals surface area contributed by atoms with Crippen LogP contribution in [0.15, 0.2) is 18.2 Å². The van der Waals surface area contributed by atoms with E-state index in [-0.39, 0.29) is 13.0 Å². The Hall–Kier alpha value is -1.74. The molecule has 0 saturated carbocycles. The molecular formula is C20H30BF3N2O3. The normalized spacial score (nSPS) is 17.9. The van der Waals surface area contributed by atoms with Crippen LogP contribution in [0.1, 0.15) is 54.4 Å². The van der Waals surface area contributed by atoms with Gasteiger partial charge in [0, 0.05) is 18.4 Å². The third-order valence-corrected chi connectivity index (χ3v) is 5.29. The van der Waals surface area contributed by atoms with E-state index in [1.165, 1.54) is 7.11 Å². The van der Waals surface area contributed by atoms with E-state index in [0.717, 1.165) is 5.39 Å². The lowest BCUT2D eigenvalue weighted by molar-refractivity contribution is -0.135. The molecule has 1 aliphatic heterocycles. The third-order valence-electron chi connectivity index (χ3n) is 5.29. The first-order valence-electron chi connectivity index (χ1n) is 9.91. The molecule has 0 spiro atoms. The molecule has 0 N–H and O–H groups in total. The van der Waals surface area contributed by atoms with Crippen LogP contribution in [0.5, 0.6) is 5.75 Å². The van der Waals surface area contributed by atoms with Gasteiger partial charge < -0.3 is 14.0 Å². The van der Waals surface area contributed by atoms with Crippen molar-refractivity contribution in [2.75, 3.05) is 7.11 Å². The van der Waals surface area contributed by atoms with Crippen molar-refractivity contribution in [1.29, 1.82) is 0 Å². The number of hydrogen-bond acceptors (Lipinski definition) is 4. The molecule has 0 atom stereocenters. The molecule has 29 heavy (non-hydrogen) atoms. The van der Waals surface area contributed by atoms with Crippen LogP contribution in [0.2, 0.25) is 0 Å². The topological polar surface area (TPSA) is 45.5 Å². The summed E-state index contributed by atoms with van der Waals surface area (Å²) in [5, 5.41) is 5.30. The zero-order valence-corrected chi connectivity index (χ0v) is 18.2. The zero-order valence-electron chi connectivity index (χ0n) is 18.2. The van der Waals surface area contributed by atoms with Crippen LogP contribution < -0.4 is 10.3 Å². The highest BCUT2D eigenvalue weighted by atomic mass is 19.4. The number of alkyl halides is 3. The van der Waals surface area contributed by atoms with Crippen molar-refractivity contribution in [2.24, 2.45) is 0 Å². The van der Waals surface area contributed by atoms with Crippen molar-refractivity contribution >= 4 is 23.6 Å². The number of halogens is 3. The summed E-state index contributed by atoms with van der Waals surface area (Å²) in [5.74, 6) is 0.551. The van der Waals surface area contributed by atoms with Crippen LogP contribution >= 0.6 is 0 Å². The van der Waals surface area contributed by atoms with Crippen molar-refractivity contribution in [2.45, 2.75) is 78.3 Å². The van der Waals surface area contributed by atoms with Crippen molar-refractivity contribution < 1.29 is 27.2 Å². The van der Waals surface area contributed by atoms with Crippen molar-refractivity contribution in [3.8, 4) is 5.75 Å². The van der Waals surface area contributed by atoms with E-state index in [4.69, 9.17) is 14.0 Å². The van der Waals surface area contributed by atoms with Gasteiger partial charge in [-0.25, -0.2) is 0 Å². The van der Waals surface area contributed by atoms with E-state index < -0.39 is 30.9 Å². The highest BCUT2D eigenvalue weighted by Crippen LogP contribution is 2.37. The SMILES string of the molecule is CC.COc1cccc2c(B3OC(C)(C)C(C)(C)O3)nn(CCCC(F)(F)F)c12. The fourth-order valence-corrected chi connectivity index (χ4v) is 3.11. The highest BCUT2D eigenvalue weighted by Gasteiger charge is 2.53. The molecule has 0 unspecified atom stereocenters. The van der Waals surface area contributed by atoms with Gasteiger partial charge in [-0.05, 0) is 40.2 Å². The number of ether oxygens (including phenoxy) is 1. The van der Waals surface area contributed by atoms with Crippen molar-refractivity contribution in [3.63, 3.8) is 0 Å². The minimum absolute atomic E-state index is 0.0683. The van der Waals surface area contributed by atoms with Gasteiger partial charge in [0.25, 0.3) is 0 Å². The fourth-order valence-electron chi connectivity index (χ4n) is 3.11.